The van der Waals surface area contributed by atoms with Gasteiger partial charge in [0.1, 0.15) is 0 Å². The highest BCUT2D eigenvalue weighted by Crippen LogP contribution is 2.43. The second-order valence-electron chi connectivity index (χ2n) is 5.12. The zero-order valence-corrected chi connectivity index (χ0v) is 10.1. The Kier molecular flexibility index (Phi) is 3.65. The maximum atomic E-state index is 5.94. The van der Waals surface area contributed by atoms with Crippen LogP contribution >= 0.6 is 0 Å². The molecule has 2 rings (SSSR count). The van der Waals surface area contributed by atoms with E-state index in [4.69, 9.17) is 4.74 Å². The molecule has 0 aromatic rings. The molecular weight excluding hydrogens is 188 g/mol. The van der Waals surface area contributed by atoms with Crippen molar-refractivity contribution in [2.45, 2.75) is 43.7 Å². The topological polar surface area (TPSA) is 24.5 Å². The Morgan fingerprint density at radius 1 is 1.47 bits per heavy atom. The van der Waals surface area contributed by atoms with Crippen molar-refractivity contribution in [3.63, 3.8) is 0 Å². The number of hydrogen-bond acceptors (Lipinski definition) is 3. The van der Waals surface area contributed by atoms with Gasteiger partial charge in [0.05, 0.1) is 5.60 Å². The van der Waals surface area contributed by atoms with Gasteiger partial charge in [0.25, 0.3) is 0 Å². The van der Waals surface area contributed by atoms with Gasteiger partial charge in [-0.1, -0.05) is 0 Å². The Bertz CT molecular complexity index is 204. The van der Waals surface area contributed by atoms with Crippen LogP contribution in [0.3, 0.4) is 0 Å². The summed E-state index contributed by atoms with van der Waals surface area (Å²) >= 11 is 0. The number of nitrogens with one attached hydrogen (secondary N) is 1. The van der Waals surface area contributed by atoms with Crippen LogP contribution in [0, 0.1) is 0 Å². The number of likely N-dealkylation sites (N-methyl/N-ethyl adjacent to an activating group) is 2. The van der Waals surface area contributed by atoms with Crippen LogP contribution in [0.15, 0.2) is 0 Å². The fourth-order valence-electron chi connectivity index (χ4n) is 2.77. The lowest BCUT2D eigenvalue weighted by atomic mass is 9.73. The standard InChI is InChI=1S/C12H24N2O/c1-13-7-8-14(2)11-4-9-15-12(10-11)5-3-6-12/h11,13H,3-10H2,1-2H3. The molecule has 0 aromatic carbocycles. The van der Waals surface area contributed by atoms with Gasteiger partial charge in [0.15, 0.2) is 0 Å². The zero-order chi connectivity index (χ0) is 10.7. The Morgan fingerprint density at radius 2 is 2.27 bits per heavy atom. The molecule has 1 spiro atoms. The molecule has 88 valence electrons. The minimum atomic E-state index is 0.289. The quantitative estimate of drug-likeness (QED) is 0.759. The number of rotatable bonds is 4. The van der Waals surface area contributed by atoms with Crippen molar-refractivity contribution in [1.82, 2.24) is 10.2 Å². The van der Waals surface area contributed by atoms with E-state index in [0.717, 1.165) is 25.7 Å². The van der Waals surface area contributed by atoms with Gasteiger partial charge < -0.3 is 15.0 Å². The van der Waals surface area contributed by atoms with Crippen LogP contribution in [-0.4, -0.2) is 50.3 Å². The van der Waals surface area contributed by atoms with E-state index in [2.05, 4.69) is 17.3 Å². The molecule has 1 heterocycles. The molecule has 2 aliphatic rings. The lowest BCUT2D eigenvalue weighted by Crippen LogP contribution is -2.51. The average Bonchev–Trinajstić information content (AvgIpc) is 2.24. The number of hydrogen-bond donors (Lipinski definition) is 1. The average molecular weight is 212 g/mol. The zero-order valence-electron chi connectivity index (χ0n) is 10.1. The minimum Gasteiger partial charge on any atom is -0.375 e. The van der Waals surface area contributed by atoms with Gasteiger partial charge in [0.2, 0.25) is 0 Å². The maximum absolute atomic E-state index is 5.94. The first kappa shape index (κ1) is 11.4. The van der Waals surface area contributed by atoms with E-state index in [1.807, 2.05) is 7.05 Å². The van der Waals surface area contributed by atoms with E-state index in [9.17, 15) is 0 Å². The van der Waals surface area contributed by atoms with Crippen molar-refractivity contribution in [3.05, 3.63) is 0 Å². The normalized spacial score (nSPS) is 29.4. The van der Waals surface area contributed by atoms with E-state index in [1.165, 1.54) is 32.1 Å². The molecule has 15 heavy (non-hydrogen) atoms. The largest absolute Gasteiger partial charge is 0.375 e. The molecule has 3 nitrogen and oxygen atoms in total. The summed E-state index contributed by atoms with van der Waals surface area (Å²) < 4.78 is 5.94. The van der Waals surface area contributed by atoms with Crippen molar-refractivity contribution in [2.24, 2.45) is 0 Å². The molecule has 0 bridgehead atoms. The summed E-state index contributed by atoms with van der Waals surface area (Å²) in [6.07, 6.45) is 6.43. The molecule has 3 heteroatoms. The van der Waals surface area contributed by atoms with Crippen molar-refractivity contribution in [3.8, 4) is 0 Å². The molecule has 1 N–H and O–H groups in total. The van der Waals surface area contributed by atoms with Crippen LogP contribution in [-0.2, 0) is 4.74 Å². The van der Waals surface area contributed by atoms with Crippen LogP contribution < -0.4 is 5.32 Å². The van der Waals surface area contributed by atoms with Gasteiger partial charge >= 0.3 is 0 Å². The summed E-state index contributed by atoms with van der Waals surface area (Å²) in [5, 5.41) is 3.21. The minimum absolute atomic E-state index is 0.289. The Hall–Kier alpha value is -0.120. The van der Waals surface area contributed by atoms with Gasteiger partial charge in [-0.3, -0.25) is 0 Å². The van der Waals surface area contributed by atoms with Gasteiger partial charge in [-0.05, 0) is 46.2 Å². The molecular formula is C12H24N2O. The van der Waals surface area contributed by atoms with E-state index in [1.54, 1.807) is 0 Å². The van der Waals surface area contributed by atoms with Gasteiger partial charge in [-0.15, -0.1) is 0 Å². The monoisotopic (exact) mass is 212 g/mol. The number of nitrogens with zero attached hydrogens (tertiary/aromatic N) is 1. The second-order valence-corrected chi connectivity index (χ2v) is 5.12. The van der Waals surface area contributed by atoms with E-state index in [0.29, 0.717) is 0 Å². The highest BCUT2D eigenvalue weighted by atomic mass is 16.5. The maximum Gasteiger partial charge on any atom is 0.0697 e. The summed E-state index contributed by atoms with van der Waals surface area (Å²) in [7, 11) is 4.27. The highest BCUT2D eigenvalue weighted by Gasteiger charge is 2.43. The SMILES string of the molecule is CNCCN(C)C1CCOC2(CCC2)C1. The molecule has 2 fully saturated rings. The van der Waals surface area contributed by atoms with E-state index in [-0.39, 0.29) is 5.60 Å². The van der Waals surface area contributed by atoms with Crippen molar-refractivity contribution in [1.29, 1.82) is 0 Å². The Balaban J connectivity index is 1.81. The smallest absolute Gasteiger partial charge is 0.0697 e. The van der Waals surface area contributed by atoms with Gasteiger partial charge in [-0.25, -0.2) is 0 Å². The lowest BCUT2D eigenvalue weighted by Gasteiger charge is -2.49. The van der Waals surface area contributed by atoms with Crippen LogP contribution in [0.25, 0.3) is 0 Å². The van der Waals surface area contributed by atoms with Crippen LogP contribution in [0.4, 0.5) is 0 Å². The van der Waals surface area contributed by atoms with E-state index >= 15 is 0 Å². The molecule has 1 atom stereocenters. The summed E-state index contributed by atoms with van der Waals surface area (Å²) in [5.41, 5.74) is 0.289. The molecule has 1 saturated carbocycles. The molecule has 1 unspecified atom stereocenters. The summed E-state index contributed by atoms with van der Waals surface area (Å²) in [5.74, 6) is 0. The van der Waals surface area contributed by atoms with E-state index < -0.39 is 0 Å². The van der Waals surface area contributed by atoms with Crippen molar-refractivity contribution >= 4 is 0 Å². The fraction of sp³-hybridized carbons (Fsp3) is 1.00. The van der Waals surface area contributed by atoms with Crippen LogP contribution in [0.2, 0.25) is 0 Å². The summed E-state index contributed by atoms with van der Waals surface area (Å²) in [6.45, 7) is 3.20. The third-order valence-corrected chi connectivity index (χ3v) is 4.07. The molecule has 0 aromatic heterocycles. The fourth-order valence-corrected chi connectivity index (χ4v) is 2.77. The first-order chi connectivity index (χ1) is 7.26. The second kappa shape index (κ2) is 4.81. The van der Waals surface area contributed by atoms with Crippen molar-refractivity contribution in [2.75, 3.05) is 33.8 Å². The predicted molar refractivity (Wildman–Crippen MR) is 62.1 cm³/mol. The Morgan fingerprint density at radius 3 is 2.87 bits per heavy atom. The third kappa shape index (κ3) is 2.52. The summed E-state index contributed by atoms with van der Waals surface area (Å²) in [4.78, 5) is 2.50. The predicted octanol–water partition coefficient (Wildman–Crippen LogP) is 1.24. The molecule has 1 saturated heterocycles. The first-order valence-corrected chi connectivity index (χ1v) is 6.25. The molecule has 1 aliphatic heterocycles. The summed E-state index contributed by atoms with van der Waals surface area (Å²) in [6, 6.07) is 0.743. The van der Waals surface area contributed by atoms with Crippen molar-refractivity contribution < 1.29 is 4.74 Å². The third-order valence-electron chi connectivity index (χ3n) is 4.07. The molecule has 1 aliphatic carbocycles. The van der Waals surface area contributed by atoms with Crippen LogP contribution in [0.1, 0.15) is 32.1 Å². The van der Waals surface area contributed by atoms with Crippen LogP contribution in [0.5, 0.6) is 0 Å². The van der Waals surface area contributed by atoms with Gasteiger partial charge in [-0.2, -0.15) is 0 Å². The number of ether oxygens (including phenoxy) is 1. The molecule has 0 radical (unpaired) electrons. The molecule has 0 amide bonds. The highest BCUT2D eigenvalue weighted by molar-refractivity contribution is 4.96. The lowest BCUT2D eigenvalue weighted by molar-refractivity contribution is -0.146. The first-order valence-electron chi connectivity index (χ1n) is 6.25. The van der Waals surface area contributed by atoms with Gasteiger partial charge in [0, 0.05) is 25.7 Å². The Labute approximate surface area is 93.2 Å².